The number of H-pyrrole nitrogens is 1. The predicted octanol–water partition coefficient (Wildman–Crippen LogP) is 8.87. The van der Waals surface area contributed by atoms with E-state index >= 15 is 0 Å². The monoisotopic (exact) mass is 1190 g/mol. The number of Topliss-reactive ketones (excluding diaryl/α,β-unsaturated/α-hetero) is 2. The summed E-state index contributed by atoms with van der Waals surface area (Å²) in [5, 5.41) is 23.3. The highest BCUT2D eigenvalue weighted by atomic mass is 16.5. The van der Waals surface area contributed by atoms with Crippen LogP contribution in [0.2, 0.25) is 0 Å². The molecule has 0 saturated heterocycles. The molecule has 0 fully saturated rings. The fourth-order valence-electron chi connectivity index (χ4n) is 11.2. The number of hydrogen-bond acceptors (Lipinski definition) is 12. The molecule has 0 unspecified atom stereocenters. The lowest BCUT2D eigenvalue weighted by Gasteiger charge is -2.40. The number of likely N-dealkylation sites (N-methyl/N-ethyl adjacent to an activating group) is 2. The molecule has 7 N–H and O–H groups in total. The highest BCUT2D eigenvalue weighted by molar-refractivity contribution is 6.02. The summed E-state index contributed by atoms with van der Waals surface area (Å²) < 4.78 is 5.72. The average molecular weight is 1190 g/mol. The molecule has 2 heterocycles. The number of nitrogens with two attached hydrogens (primary N) is 1. The summed E-state index contributed by atoms with van der Waals surface area (Å²) in [5.41, 5.74) is 12.2. The zero-order chi connectivity index (χ0) is 63.9. The van der Waals surface area contributed by atoms with E-state index in [1.165, 1.54) is 0 Å². The number of carbonyl (C=O) groups excluding carboxylic acids is 8. The number of esters is 1. The van der Waals surface area contributed by atoms with Crippen LogP contribution in [0.1, 0.15) is 136 Å². The van der Waals surface area contributed by atoms with Crippen molar-refractivity contribution in [2.24, 2.45) is 28.9 Å². The minimum atomic E-state index is -0.962. The molecule has 5 atom stereocenters. The minimum Gasteiger partial charge on any atom is -0.461 e. The SMILES string of the molecule is CN[C@H](C(=O)N[C@H](C(=O)N(C)[C@H](C=C(C)C)C(C)C)C(C)(C)C)C(C)(C)c1cccc(CC(=O)OCc2ccc(CC(=O)[C@H](CCCNC(N)=O)NC(=O)[C@@H](CC(=O)CCC(=O)N3Cc4ccccc4-c4n[nH]nc4-c4ccccc43)C(C)C)cc2)c1. The molecule has 87 heavy (non-hydrogen) atoms. The molecule has 0 spiro atoms. The zero-order valence-corrected chi connectivity index (χ0v) is 53.0. The lowest BCUT2D eigenvalue weighted by molar-refractivity contribution is -0.144. The normalized spacial score (nSPS) is 13.9. The summed E-state index contributed by atoms with van der Waals surface area (Å²) in [6, 6.07) is 26.2. The topological polar surface area (TPSA) is 268 Å². The van der Waals surface area contributed by atoms with Crippen molar-refractivity contribution in [1.29, 1.82) is 0 Å². The number of allylic oxidation sites excluding steroid dienone is 1. The smallest absolute Gasteiger partial charge is 0.312 e. The summed E-state index contributed by atoms with van der Waals surface area (Å²) in [5.74, 6) is -3.22. The molecule has 19 nitrogen and oxygen atoms in total. The van der Waals surface area contributed by atoms with E-state index in [-0.39, 0.29) is 105 Å². The number of primary amides is 1. The maximum Gasteiger partial charge on any atom is 0.312 e. The van der Waals surface area contributed by atoms with Gasteiger partial charge in [-0.3, -0.25) is 33.6 Å². The van der Waals surface area contributed by atoms with Gasteiger partial charge >= 0.3 is 12.0 Å². The third kappa shape index (κ3) is 18.1. The van der Waals surface area contributed by atoms with E-state index < -0.39 is 52.8 Å². The Morgan fingerprint density at radius 3 is 2.02 bits per heavy atom. The molecule has 19 heteroatoms. The second kappa shape index (κ2) is 30.3. The summed E-state index contributed by atoms with van der Waals surface area (Å²) in [7, 11) is 3.50. The fourth-order valence-corrected chi connectivity index (χ4v) is 11.2. The molecule has 6 amide bonds. The number of benzene rings is 4. The Kier molecular flexibility index (Phi) is 23.7. The van der Waals surface area contributed by atoms with Gasteiger partial charge in [0.1, 0.15) is 29.8 Å². The summed E-state index contributed by atoms with van der Waals surface area (Å²) in [4.78, 5) is 113. The van der Waals surface area contributed by atoms with Gasteiger partial charge in [-0.25, -0.2) is 4.79 Å². The van der Waals surface area contributed by atoms with Crippen LogP contribution in [0.25, 0.3) is 22.5 Å². The maximum absolute atomic E-state index is 14.3. The molecule has 0 bridgehead atoms. The Morgan fingerprint density at radius 1 is 0.747 bits per heavy atom. The molecule has 4 aromatic carbocycles. The molecule has 1 aliphatic heterocycles. The molecule has 1 aliphatic rings. The van der Waals surface area contributed by atoms with Crippen LogP contribution in [0, 0.1) is 23.2 Å². The van der Waals surface area contributed by atoms with Crippen molar-refractivity contribution >= 4 is 52.9 Å². The van der Waals surface area contributed by atoms with Gasteiger partial charge < -0.3 is 41.5 Å². The number of ether oxygens (including phenoxy) is 1. The third-order valence-electron chi connectivity index (χ3n) is 16.3. The van der Waals surface area contributed by atoms with Crippen molar-refractivity contribution in [2.45, 2.75) is 164 Å². The number of fused-ring (bicyclic) bond motifs is 5. The van der Waals surface area contributed by atoms with Gasteiger partial charge in [0, 0.05) is 61.7 Å². The number of nitrogens with one attached hydrogen (secondary N) is 5. The van der Waals surface area contributed by atoms with E-state index in [1.807, 2.05) is 135 Å². The molecule has 5 aromatic rings. The van der Waals surface area contributed by atoms with Crippen molar-refractivity contribution < 1.29 is 43.1 Å². The minimum absolute atomic E-state index is 0.0321. The second-order valence-electron chi connectivity index (χ2n) is 25.4. The number of rotatable bonds is 28. The molecule has 0 radical (unpaired) electrons. The summed E-state index contributed by atoms with van der Waals surface area (Å²) in [6.07, 6.45) is 2.16. The number of para-hydroxylation sites is 1. The van der Waals surface area contributed by atoms with Crippen molar-refractivity contribution in [1.82, 2.24) is 41.6 Å². The first-order valence-corrected chi connectivity index (χ1v) is 30.1. The summed E-state index contributed by atoms with van der Waals surface area (Å²) in [6.45, 7) is 21.9. The maximum atomic E-state index is 14.3. The number of amides is 6. The molecular weight excluding hydrogens is 1100 g/mol. The van der Waals surface area contributed by atoms with Gasteiger partial charge in [-0.05, 0) is 84.9 Å². The fraction of sp³-hybridized carbons (Fsp3) is 0.471. The number of aromatic amines is 1. The zero-order valence-electron chi connectivity index (χ0n) is 53.0. The van der Waals surface area contributed by atoms with Crippen LogP contribution in [0.5, 0.6) is 0 Å². The van der Waals surface area contributed by atoms with Gasteiger partial charge in [-0.1, -0.05) is 165 Å². The van der Waals surface area contributed by atoms with Gasteiger partial charge in [0.15, 0.2) is 5.78 Å². The highest BCUT2D eigenvalue weighted by Crippen LogP contribution is 2.40. The molecule has 0 aliphatic carbocycles. The lowest BCUT2D eigenvalue weighted by Crippen LogP contribution is -2.61. The Labute approximate surface area is 512 Å². The van der Waals surface area contributed by atoms with Crippen LogP contribution >= 0.6 is 0 Å². The van der Waals surface area contributed by atoms with E-state index in [0.29, 0.717) is 40.2 Å². The number of anilines is 1. The van der Waals surface area contributed by atoms with Crippen LogP contribution in [-0.4, -0.2) is 112 Å². The van der Waals surface area contributed by atoms with E-state index in [9.17, 15) is 38.4 Å². The Morgan fingerprint density at radius 2 is 1.39 bits per heavy atom. The molecule has 1 aromatic heterocycles. The van der Waals surface area contributed by atoms with Crippen molar-refractivity contribution in [2.75, 3.05) is 25.5 Å². The van der Waals surface area contributed by atoms with Crippen molar-refractivity contribution in [3.63, 3.8) is 0 Å². The molecular formula is C68H90N10O9. The third-order valence-corrected chi connectivity index (χ3v) is 16.3. The number of nitrogens with zero attached hydrogens (tertiary/aromatic N) is 4. The van der Waals surface area contributed by atoms with Gasteiger partial charge in [0.2, 0.25) is 23.6 Å². The van der Waals surface area contributed by atoms with E-state index in [2.05, 4.69) is 56.6 Å². The highest BCUT2D eigenvalue weighted by Gasteiger charge is 2.42. The van der Waals surface area contributed by atoms with E-state index in [0.717, 1.165) is 27.8 Å². The van der Waals surface area contributed by atoms with E-state index in [1.54, 1.807) is 48.2 Å². The van der Waals surface area contributed by atoms with Crippen LogP contribution < -0.4 is 31.9 Å². The largest absolute Gasteiger partial charge is 0.461 e. The van der Waals surface area contributed by atoms with Gasteiger partial charge in [0.05, 0.1) is 36.8 Å². The van der Waals surface area contributed by atoms with Crippen molar-refractivity contribution in [3.8, 4) is 22.5 Å². The quantitative estimate of drug-likeness (QED) is 0.0156. The number of carbonyl (C=O) groups is 8. The molecule has 0 saturated carbocycles. The van der Waals surface area contributed by atoms with Crippen LogP contribution in [0.3, 0.4) is 0 Å². The Balaban J connectivity index is 1.04. The summed E-state index contributed by atoms with van der Waals surface area (Å²) >= 11 is 0. The standard InChI is InChI=1S/C68H90N10O9/c1-41(2)34-55(43(5)6)77(13)65(85)62(67(7,8)9)73-64(84)61(70-12)68(10,11)48-22-18-20-46(35-48)37-58(82)87-40-45-29-27-44(28-30-45)36-56(80)53(25-19-33-71-66(69)86)72-63(83)52(42(3)4)38-49(79)31-32-57(81)78-39-47-21-14-15-23-50(47)59-60(75-76-74-59)51-24-16-17-26-54(51)78/h14-18,20-24,26-30,34-35,42-43,52-53,55,61-62,70H,19,25,31-33,36-40H2,1-13H3,(H,72,83)(H,73,84)(H3,69,71,86)(H,74,75,76)/t52-,53-,55+,61+,62+/m0/s1. The first kappa shape index (κ1) is 67.8. The average Bonchev–Trinajstić information content (AvgIpc) is 1.84. The number of aromatic nitrogens is 3. The van der Waals surface area contributed by atoms with Crippen molar-refractivity contribution in [3.05, 3.63) is 137 Å². The number of hydrogen-bond donors (Lipinski definition) is 6. The van der Waals surface area contributed by atoms with Gasteiger partial charge in [-0.15, -0.1) is 0 Å². The van der Waals surface area contributed by atoms with Gasteiger partial charge in [0.25, 0.3) is 0 Å². The van der Waals surface area contributed by atoms with Crippen LogP contribution in [-0.2, 0) is 69.7 Å². The number of ketones is 2. The molecule has 466 valence electrons. The first-order chi connectivity index (χ1) is 41.1. The Hall–Kier alpha value is -8.32. The van der Waals surface area contributed by atoms with E-state index in [4.69, 9.17) is 10.5 Å². The number of urea groups is 1. The first-order valence-electron chi connectivity index (χ1n) is 30.1. The second-order valence-corrected chi connectivity index (χ2v) is 25.4. The lowest BCUT2D eigenvalue weighted by atomic mass is 9.76. The molecule has 6 rings (SSSR count). The van der Waals surface area contributed by atoms with Crippen LogP contribution in [0.4, 0.5) is 10.5 Å². The van der Waals surface area contributed by atoms with Crippen LogP contribution in [0.15, 0.2) is 109 Å². The predicted molar refractivity (Wildman–Crippen MR) is 338 cm³/mol. The van der Waals surface area contributed by atoms with Gasteiger partial charge in [-0.2, -0.15) is 15.4 Å². The Bertz CT molecular complexity index is 3280.